The van der Waals surface area contributed by atoms with Crippen molar-refractivity contribution in [3.8, 4) is 5.75 Å². The predicted molar refractivity (Wildman–Crippen MR) is 86.6 cm³/mol. The first kappa shape index (κ1) is 16.0. The van der Waals surface area contributed by atoms with E-state index in [1.807, 2.05) is 6.07 Å². The van der Waals surface area contributed by atoms with Crippen molar-refractivity contribution >= 4 is 11.3 Å². The van der Waals surface area contributed by atoms with Crippen LogP contribution in [0.4, 0.5) is 4.39 Å². The number of rotatable bonds is 8. The zero-order valence-electron chi connectivity index (χ0n) is 12.6. The van der Waals surface area contributed by atoms with Crippen molar-refractivity contribution in [3.05, 3.63) is 52.0 Å². The molecule has 1 atom stereocenters. The summed E-state index contributed by atoms with van der Waals surface area (Å²) in [5.41, 5.74) is 2.44. The molecule has 0 aliphatic rings. The van der Waals surface area contributed by atoms with Crippen LogP contribution in [0.5, 0.6) is 5.75 Å². The highest BCUT2D eigenvalue weighted by molar-refractivity contribution is 7.07. The number of benzene rings is 1. The number of halogens is 1. The number of hydrogen-bond donors (Lipinski definition) is 1. The first-order valence-corrected chi connectivity index (χ1v) is 8.26. The minimum atomic E-state index is -0.312. The van der Waals surface area contributed by atoms with Crippen molar-refractivity contribution in [3.63, 3.8) is 0 Å². The van der Waals surface area contributed by atoms with Gasteiger partial charge in [0.2, 0.25) is 0 Å². The van der Waals surface area contributed by atoms with Gasteiger partial charge in [-0.05, 0) is 65.9 Å². The first-order valence-electron chi connectivity index (χ1n) is 7.32. The van der Waals surface area contributed by atoms with Gasteiger partial charge in [0.05, 0.1) is 7.11 Å². The van der Waals surface area contributed by atoms with Gasteiger partial charge in [-0.25, -0.2) is 4.39 Å². The summed E-state index contributed by atoms with van der Waals surface area (Å²) in [6.07, 6.45) is 3.09. The van der Waals surface area contributed by atoms with Crippen LogP contribution in [0.1, 0.15) is 36.9 Å². The predicted octanol–water partition coefficient (Wildman–Crippen LogP) is 4.57. The molecule has 1 heterocycles. The number of ether oxygens (including phenoxy) is 1. The SMILES string of the molecule is CCCNC(CCc1ccsc1)c1ccc(F)c(OC)c1. The zero-order valence-corrected chi connectivity index (χ0v) is 13.4. The Morgan fingerprint density at radius 2 is 2.19 bits per heavy atom. The Balaban J connectivity index is 2.10. The molecule has 0 saturated heterocycles. The van der Waals surface area contributed by atoms with Gasteiger partial charge in [-0.1, -0.05) is 13.0 Å². The Hall–Kier alpha value is -1.39. The maximum atomic E-state index is 13.6. The molecule has 2 aromatic rings. The molecule has 4 heteroatoms. The largest absolute Gasteiger partial charge is 0.494 e. The maximum absolute atomic E-state index is 13.6. The van der Waals surface area contributed by atoms with Crippen molar-refractivity contribution in [1.29, 1.82) is 0 Å². The van der Waals surface area contributed by atoms with E-state index in [9.17, 15) is 4.39 Å². The molecule has 0 spiro atoms. The number of nitrogens with one attached hydrogen (secondary N) is 1. The Kier molecular flexibility index (Phi) is 6.21. The van der Waals surface area contributed by atoms with E-state index in [-0.39, 0.29) is 11.9 Å². The lowest BCUT2D eigenvalue weighted by atomic mass is 9.99. The Morgan fingerprint density at radius 1 is 1.33 bits per heavy atom. The molecule has 2 rings (SSSR count). The molecule has 0 aliphatic carbocycles. The van der Waals surface area contributed by atoms with Crippen LogP contribution in [0.3, 0.4) is 0 Å². The lowest BCUT2D eigenvalue weighted by molar-refractivity contribution is 0.384. The second-order valence-electron chi connectivity index (χ2n) is 5.07. The maximum Gasteiger partial charge on any atom is 0.165 e. The fraction of sp³-hybridized carbons (Fsp3) is 0.412. The molecule has 1 unspecified atom stereocenters. The molecule has 0 aliphatic heterocycles. The average Bonchev–Trinajstić information content (AvgIpc) is 3.01. The Morgan fingerprint density at radius 3 is 2.86 bits per heavy atom. The van der Waals surface area contributed by atoms with E-state index in [1.54, 1.807) is 17.4 Å². The van der Waals surface area contributed by atoms with Gasteiger partial charge in [0.15, 0.2) is 11.6 Å². The highest BCUT2D eigenvalue weighted by Gasteiger charge is 2.13. The van der Waals surface area contributed by atoms with E-state index >= 15 is 0 Å². The fourth-order valence-corrected chi connectivity index (χ4v) is 3.05. The molecule has 0 bridgehead atoms. The van der Waals surface area contributed by atoms with Crippen molar-refractivity contribution in [2.75, 3.05) is 13.7 Å². The van der Waals surface area contributed by atoms with Gasteiger partial charge in [-0.15, -0.1) is 0 Å². The van der Waals surface area contributed by atoms with Crippen LogP contribution in [0, 0.1) is 5.82 Å². The summed E-state index contributed by atoms with van der Waals surface area (Å²) in [5, 5.41) is 7.83. The quantitative estimate of drug-likeness (QED) is 0.771. The third-order valence-electron chi connectivity index (χ3n) is 3.52. The second kappa shape index (κ2) is 8.15. The molecule has 2 nitrogen and oxygen atoms in total. The summed E-state index contributed by atoms with van der Waals surface area (Å²) in [6, 6.07) is 7.51. The van der Waals surface area contributed by atoms with E-state index in [0.717, 1.165) is 31.4 Å². The summed E-state index contributed by atoms with van der Waals surface area (Å²) in [6.45, 7) is 3.10. The summed E-state index contributed by atoms with van der Waals surface area (Å²) < 4.78 is 18.6. The van der Waals surface area contributed by atoms with E-state index < -0.39 is 0 Å². The number of methoxy groups -OCH3 is 1. The smallest absolute Gasteiger partial charge is 0.165 e. The molecule has 21 heavy (non-hydrogen) atoms. The van der Waals surface area contributed by atoms with E-state index in [1.165, 1.54) is 18.7 Å². The topological polar surface area (TPSA) is 21.3 Å². The second-order valence-corrected chi connectivity index (χ2v) is 5.85. The van der Waals surface area contributed by atoms with Crippen LogP contribution in [0.15, 0.2) is 35.0 Å². The van der Waals surface area contributed by atoms with Crippen LogP contribution in [-0.2, 0) is 6.42 Å². The summed E-state index contributed by atoms with van der Waals surface area (Å²) >= 11 is 1.72. The minimum Gasteiger partial charge on any atom is -0.494 e. The van der Waals surface area contributed by atoms with E-state index in [0.29, 0.717) is 5.75 Å². The van der Waals surface area contributed by atoms with Gasteiger partial charge >= 0.3 is 0 Å². The van der Waals surface area contributed by atoms with Gasteiger partial charge in [-0.2, -0.15) is 11.3 Å². The van der Waals surface area contributed by atoms with Crippen LogP contribution in [-0.4, -0.2) is 13.7 Å². The molecular formula is C17H22FNOS. The van der Waals surface area contributed by atoms with Crippen molar-refractivity contribution < 1.29 is 9.13 Å². The number of hydrogen-bond acceptors (Lipinski definition) is 3. The van der Waals surface area contributed by atoms with Gasteiger partial charge in [0.1, 0.15) is 0 Å². The molecule has 1 N–H and O–H groups in total. The van der Waals surface area contributed by atoms with Crippen LogP contribution < -0.4 is 10.1 Å². The summed E-state index contributed by atoms with van der Waals surface area (Å²) in [5.74, 6) is -0.000317. The third kappa shape index (κ3) is 4.55. The molecule has 0 fully saturated rings. The van der Waals surface area contributed by atoms with Gasteiger partial charge in [0.25, 0.3) is 0 Å². The van der Waals surface area contributed by atoms with Crippen molar-refractivity contribution in [1.82, 2.24) is 5.32 Å². The fourth-order valence-electron chi connectivity index (χ4n) is 2.34. The monoisotopic (exact) mass is 307 g/mol. The summed E-state index contributed by atoms with van der Waals surface area (Å²) in [7, 11) is 1.50. The Labute approximate surface area is 130 Å². The molecule has 1 aromatic carbocycles. The van der Waals surface area contributed by atoms with E-state index in [4.69, 9.17) is 4.74 Å². The van der Waals surface area contributed by atoms with Gasteiger partial charge in [0, 0.05) is 6.04 Å². The average molecular weight is 307 g/mol. The van der Waals surface area contributed by atoms with E-state index in [2.05, 4.69) is 29.1 Å². The lowest BCUT2D eigenvalue weighted by Gasteiger charge is -2.19. The van der Waals surface area contributed by atoms with Crippen molar-refractivity contribution in [2.45, 2.75) is 32.2 Å². The summed E-state index contributed by atoms with van der Waals surface area (Å²) in [4.78, 5) is 0. The van der Waals surface area contributed by atoms with Crippen molar-refractivity contribution in [2.24, 2.45) is 0 Å². The normalized spacial score (nSPS) is 12.3. The molecular weight excluding hydrogens is 285 g/mol. The van der Waals surface area contributed by atoms with Crippen LogP contribution in [0.2, 0.25) is 0 Å². The molecule has 0 saturated carbocycles. The highest BCUT2D eigenvalue weighted by atomic mass is 32.1. The third-order valence-corrected chi connectivity index (χ3v) is 4.25. The molecule has 1 aromatic heterocycles. The number of aryl methyl sites for hydroxylation is 1. The molecule has 0 radical (unpaired) electrons. The standard InChI is InChI=1S/C17H22FNOS/c1-3-9-19-16(7-4-13-8-10-21-12-13)14-5-6-15(18)17(11-14)20-2/h5-6,8,10-12,16,19H,3-4,7,9H2,1-2H3. The lowest BCUT2D eigenvalue weighted by Crippen LogP contribution is -2.22. The van der Waals surface area contributed by atoms with Crippen LogP contribution >= 0.6 is 11.3 Å². The van der Waals surface area contributed by atoms with Gasteiger partial charge < -0.3 is 10.1 Å². The number of thiophene rings is 1. The molecule has 114 valence electrons. The Bertz CT molecular complexity index is 542. The van der Waals surface area contributed by atoms with Crippen LogP contribution in [0.25, 0.3) is 0 Å². The zero-order chi connectivity index (χ0) is 15.1. The molecule has 0 amide bonds. The first-order chi connectivity index (χ1) is 10.2. The highest BCUT2D eigenvalue weighted by Crippen LogP contribution is 2.26. The minimum absolute atomic E-state index is 0.222. The van der Waals surface area contributed by atoms with Gasteiger partial charge in [-0.3, -0.25) is 0 Å².